The van der Waals surface area contributed by atoms with E-state index in [1.54, 1.807) is 63.6 Å². The van der Waals surface area contributed by atoms with Crippen LogP contribution in [-0.4, -0.2) is 261 Å². The fraction of sp³-hybridized carbons (Fsp3) is 0.639. The lowest BCUT2D eigenvalue weighted by molar-refractivity contribution is -0.134. The van der Waals surface area contributed by atoms with Crippen LogP contribution in [0.2, 0.25) is 0 Å². The van der Waals surface area contributed by atoms with Gasteiger partial charge in [0.25, 0.3) is 5.91 Å². The van der Waals surface area contributed by atoms with Crippen LogP contribution in [0.4, 0.5) is 21.9 Å². The van der Waals surface area contributed by atoms with Gasteiger partial charge in [0, 0.05) is 80.3 Å². The number of likely N-dealkylation sites (tertiary alicyclic amines) is 1. The van der Waals surface area contributed by atoms with Crippen LogP contribution in [-0.2, 0) is 73.2 Å². The SMILES string of the molecule is COc1cc2c(cc1OCCCCCOc1cc3c(cc1OC)C(=O)N1C=C(C)C[C@H]1[C@H](O)N3C(=O)OCc1ccc(NC(=O)[C@H](C)NC(=O)[C@@H](NC(=O)CCOCCOCCOCCOCCOCCOCCOCCOCCNC(=O)CCN3C(=O)CC(C4CCCCCCC4)C3O)C(C)C)cc1)N=C[C@@H]1CC(C)=CN1C2O. The first-order chi connectivity index (χ1) is 55.7. The van der Waals surface area contributed by atoms with Gasteiger partial charge in [-0.25, -0.2) is 9.69 Å². The number of methoxy groups -OCH3 is 2. The average molecular weight is 1610 g/mol. The van der Waals surface area contributed by atoms with E-state index in [0.29, 0.717) is 171 Å². The smallest absolute Gasteiger partial charge is 0.416 e. The number of hydrogen-bond donors (Lipinski definition) is 7. The lowest BCUT2D eigenvalue weighted by atomic mass is 9.80. The fourth-order valence-corrected chi connectivity index (χ4v) is 14.6. The molecule has 6 aliphatic rings. The van der Waals surface area contributed by atoms with Crippen molar-refractivity contribution in [2.24, 2.45) is 22.7 Å². The number of benzene rings is 3. The summed E-state index contributed by atoms with van der Waals surface area (Å²) in [5, 5.41) is 45.2. The molecule has 1 saturated heterocycles. The maximum Gasteiger partial charge on any atom is 0.416 e. The number of rotatable bonds is 49. The number of nitrogens with zero attached hydrogens (tertiary/aromatic N) is 5. The summed E-state index contributed by atoms with van der Waals surface area (Å²) in [6, 6.07) is 10.2. The summed E-state index contributed by atoms with van der Waals surface area (Å²) in [6.45, 7) is 15.4. The molecule has 0 bridgehead atoms. The first-order valence-electron chi connectivity index (χ1n) is 40.6. The summed E-state index contributed by atoms with van der Waals surface area (Å²) < 4.78 is 74.1. The number of unbranched alkanes of at least 4 members (excludes halogenated alkanes) is 2. The van der Waals surface area contributed by atoms with Crippen molar-refractivity contribution in [2.75, 3.05) is 156 Å². The van der Waals surface area contributed by atoms with Crippen LogP contribution in [0, 0.1) is 17.8 Å². The zero-order chi connectivity index (χ0) is 82.0. The van der Waals surface area contributed by atoms with E-state index < -0.39 is 66.5 Å². The van der Waals surface area contributed by atoms with Gasteiger partial charge >= 0.3 is 6.09 Å². The summed E-state index contributed by atoms with van der Waals surface area (Å²) in [5.41, 5.74) is 4.30. The van der Waals surface area contributed by atoms with E-state index in [4.69, 9.17) is 61.6 Å². The van der Waals surface area contributed by atoms with Gasteiger partial charge in [-0.2, -0.15) is 0 Å². The van der Waals surface area contributed by atoms with E-state index in [0.717, 1.165) is 48.2 Å². The Kier molecular flexibility index (Phi) is 37.4. The topological polar surface area (TPSA) is 374 Å². The summed E-state index contributed by atoms with van der Waals surface area (Å²) in [4.78, 5) is 104. The van der Waals surface area contributed by atoms with Gasteiger partial charge in [-0.05, 0) is 94.5 Å². The molecule has 115 heavy (non-hydrogen) atoms. The lowest BCUT2D eigenvalue weighted by Gasteiger charge is -2.31. The van der Waals surface area contributed by atoms with E-state index in [1.165, 1.54) is 55.2 Å². The molecule has 0 radical (unpaired) electrons. The number of aliphatic imine (C=N–C) groups is 1. The molecule has 32 heteroatoms. The molecule has 0 aromatic heterocycles. The van der Waals surface area contributed by atoms with Gasteiger partial charge in [0.15, 0.2) is 35.5 Å². The monoisotopic (exact) mass is 1610 g/mol. The minimum Gasteiger partial charge on any atom is -0.493 e. The molecule has 7 N–H and O–H groups in total. The Bertz CT molecular complexity index is 3710. The maximum atomic E-state index is 14.3. The average Bonchev–Trinajstić information content (AvgIpc) is 1.61. The molecule has 0 spiro atoms. The molecular weight excluding hydrogens is 1490 g/mol. The Labute approximate surface area is 674 Å². The summed E-state index contributed by atoms with van der Waals surface area (Å²) in [6.07, 6.45) is 13.0. The van der Waals surface area contributed by atoms with E-state index >= 15 is 0 Å². The van der Waals surface area contributed by atoms with E-state index in [-0.39, 0.29) is 105 Å². The van der Waals surface area contributed by atoms with Gasteiger partial charge in [-0.3, -0.25) is 33.8 Å². The number of aliphatic hydroxyl groups excluding tert-OH is 3. The highest BCUT2D eigenvalue weighted by Crippen LogP contribution is 2.45. The fourth-order valence-electron chi connectivity index (χ4n) is 14.6. The van der Waals surface area contributed by atoms with Crippen LogP contribution in [0.25, 0.3) is 0 Å². The first-order valence-corrected chi connectivity index (χ1v) is 40.6. The summed E-state index contributed by atoms with van der Waals surface area (Å²) in [7, 11) is 3.00. The van der Waals surface area contributed by atoms with Crippen molar-refractivity contribution >= 4 is 64.8 Å². The molecule has 3 aromatic rings. The molecule has 5 aliphatic heterocycles. The van der Waals surface area contributed by atoms with E-state index in [1.807, 2.05) is 31.2 Å². The molecule has 1 aliphatic carbocycles. The highest BCUT2D eigenvalue weighted by Gasteiger charge is 2.46. The van der Waals surface area contributed by atoms with E-state index in [2.05, 4.69) is 26.3 Å². The second kappa shape index (κ2) is 47.6. The highest BCUT2D eigenvalue weighted by atomic mass is 16.6. The Balaban J connectivity index is 0.569. The van der Waals surface area contributed by atoms with Crippen molar-refractivity contribution < 1.29 is 110 Å². The third-order valence-electron chi connectivity index (χ3n) is 20.9. The Morgan fingerprint density at radius 2 is 1.15 bits per heavy atom. The molecule has 32 nitrogen and oxygen atoms in total. The van der Waals surface area contributed by atoms with Crippen LogP contribution in [0.1, 0.15) is 159 Å². The molecule has 8 atom stereocenters. The van der Waals surface area contributed by atoms with Crippen molar-refractivity contribution in [3.05, 3.63) is 88.8 Å². The molecule has 3 aromatic carbocycles. The first kappa shape index (κ1) is 90.4. The lowest BCUT2D eigenvalue weighted by Crippen LogP contribution is -2.53. The predicted molar refractivity (Wildman–Crippen MR) is 425 cm³/mol. The number of fused-ring (bicyclic) bond motifs is 4. The third-order valence-corrected chi connectivity index (χ3v) is 20.9. The minimum atomic E-state index is -1.52. The van der Waals surface area contributed by atoms with Crippen LogP contribution in [0.15, 0.2) is 77.1 Å². The van der Waals surface area contributed by atoms with Crippen molar-refractivity contribution in [1.29, 1.82) is 0 Å². The number of carbonyl (C=O) groups is 7. The normalized spacial score (nSPS) is 19.9. The second-order valence-corrected chi connectivity index (χ2v) is 29.9. The minimum absolute atomic E-state index is 0.0111. The number of amides is 7. The Morgan fingerprint density at radius 3 is 1.75 bits per heavy atom. The predicted octanol–water partition coefficient (Wildman–Crippen LogP) is 7.75. The molecule has 1 saturated carbocycles. The van der Waals surface area contributed by atoms with Crippen molar-refractivity contribution in [3.63, 3.8) is 0 Å². The van der Waals surface area contributed by atoms with Gasteiger partial charge in [0.05, 0.1) is 162 Å². The zero-order valence-electron chi connectivity index (χ0n) is 67.8. The second-order valence-electron chi connectivity index (χ2n) is 29.9. The van der Waals surface area contributed by atoms with Crippen molar-refractivity contribution in [1.82, 2.24) is 30.7 Å². The highest BCUT2D eigenvalue weighted by molar-refractivity contribution is 6.06. The van der Waals surface area contributed by atoms with Gasteiger partial charge in [0.1, 0.15) is 24.9 Å². The Morgan fingerprint density at radius 1 is 0.583 bits per heavy atom. The molecule has 7 amide bonds. The number of nitrogens with one attached hydrogen (secondary N) is 4. The molecule has 5 heterocycles. The van der Waals surface area contributed by atoms with Crippen molar-refractivity contribution in [3.8, 4) is 23.0 Å². The molecule has 2 fully saturated rings. The quantitative estimate of drug-likeness (QED) is 0.0265. The zero-order valence-corrected chi connectivity index (χ0v) is 67.8. The van der Waals surface area contributed by atoms with Gasteiger partial charge in [-0.1, -0.05) is 82.1 Å². The van der Waals surface area contributed by atoms with Gasteiger partial charge in [-0.15, -0.1) is 0 Å². The number of aliphatic hydroxyl groups is 3. The van der Waals surface area contributed by atoms with Crippen molar-refractivity contribution in [2.45, 2.75) is 180 Å². The van der Waals surface area contributed by atoms with E-state index in [9.17, 15) is 48.9 Å². The van der Waals surface area contributed by atoms with Crippen LogP contribution < -0.4 is 45.1 Å². The number of hydrogen-bond acceptors (Lipinski definition) is 25. The van der Waals surface area contributed by atoms with Crippen LogP contribution >= 0.6 is 0 Å². The molecular formula is C83H121N9O23. The summed E-state index contributed by atoms with van der Waals surface area (Å²) >= 11 is 0. The van der Waals surface area contributed by atoms with Gasteiger partial charge in [0.2, 0.25) is 29.5 Å². The molecule has 636 valence electrons. The van der Waals surface area contributed by atoms with Crippen LogP contribution in [0.3, 0.4) is 0 Å². The Hall–Kier alpha value is -8.54. The van der Waals surface area contributed by atoms with Gasteiger partial charge < -0.3 is 113 Å². The standard InChI is InChI=1S/C83H121N9O23/c1-55(2)76(88-74(94)23-28-105-30-32-107-34-36-109-38-40-111-42-43-112-41-39-110-37-35-108-33-31-106-29-24-84-73(93)22-25-89-75(95)48-63(79(89)98)60-16-12-9-8-10-13-17-60)78(97)86-58(5)77(96)87-61-20-18-59(19-21-61)54-115-83(102)92-67-50-72(70(104-7)47-65(67)81(100)91-53-57(4)45-68(91)82(92)101)114-27-15-11-14-26-113-71-49-66-64(46-69(71)103-6)80(99)90-52-56(3)44-62(90)51-85-66/h18-21,46-47,49-53,55,58,60,62-63,68,76,79-80,82,98-99,101H,8-17,22-45,48,54H2,1-7H3,(H,84,93)(H,86,97)(H,87,96)(H,88,94)/t58-,62-,63?,68-,76-,79?,80?,82-/m0/s1. The number of anilines is 2. The third kappa shape index (κ3) is 27.5. The van der Waals surface area contributed by atoms with Crippen LogP contribution in [0.5, 0.6) is 23.0 Å². The molecule has 3 unspecified atom stereocenters. The summed E-state index contributed by atoms with van der Waals surface area (Å²) in [5.74, 6) is -0.698. The molecule has 9 rings (SSSR count). The number of carbonyl (C=O) groups excluding carboxylic acids is 7. The maximum absolute atomic E-state index is 14.3. The number of ether oxygens (including phenoxy) is 13. The largest absolute Gasteiger partial charge is 0.493 e.